The van der Waals surface area contributed by atoms with E-state index in [1.807, 2.05) is 72.8 Å². The topological polar surface area (TPSA) is 254 Å². The number of amides is 8. The Balaban J connectivity index is 0.00000165. The molecule has 13 rings (SSSR count). The number of urea groups is 2. The van der Waals surface area contributed by atoms with Gasteiger partial charge in [-0.25, -0.2) is 29.4 Å². The molecule has 0 unspecified atom stereocenters. The molecular weight excluding hydrogens is 1010 g/mol. The van der Waals surface area contributed by atoms with E-state index in [1.54, 1.807) is 116 Å². The number of hydrogen-bond acceptors (Lipinski definition) is 13. The normalized spacial score (nSPS) is 20.9. The Kier molecular flexibility index (Phi) is 13.5. The molecule has 80 heavy (non-hydrogen) atoms. The molecule has 20 heteroatoms. The minimum absolute atomic E-state index is 0. The van der Waals surface area contributed by atoms with Crippen LogP contribution in [0, 0.1) is 11.3 Å². The van der Waals surface area contributed by atoms with Crippen LogP contribution in [0.25, 0.3) is 45.6 Å². The van der Waals surface area contributed by atoms with Crippen LogP contribution in [0.2, 0.25) is 0 Å². The second-order valence-corrected chi connectivity index (χ2v) is 19.7. The average Bonchev–Trinajstić information content (AvgIpc) is 4.41. The summed E-state index contributed by atoms with van der Waals surface area (Å²) in [5, 5.41) is 7.32. The van der Waals surface area contributed by atoms with Gasteiger partial charge in [0, 0.05) is 57.6 Å². The lowest BCUT2D eigenvalue weighted by Gasteiger charge is -2.38. The van der Waals surface area contributed by atoms with Crippen molar-refractivity contribution in [2.24, 2.45) is 0 Å². The molecule has 0 radical (unpaired) electrons. The Morgan fingerprint density at radius 2 is 0.762 bits per heavy atom. The fourth-order valence-electron chi connectivity index (χ4n) is 11.5. The van der Waals surface area contributed by atoms with Crippen LogP contribution >= 0.6 is 0 Å². The summed E-state index contributed by atoms with van der Waals surface area (Å²) in [6.45, 7) is 0.634. The predicted molar refractivity (Wildman–Crippen MR) is 292 cm³/mol. The van der Waals surface area contributed by atoms with Gasteiger partial charge in [0.25, 0.3) is 11.8 Å². The molecule has 2 N–H and O–H groups in total. The van der Waals surface area contributed by atoms with Crippen molar-refractivity contribution in [2.45, 2.75) is 56.0 Å². The standard InChI is InChI=1S/C58H44N12O6.C2H3N.H2O/c71-51-49-31-57(53(73)69(39-15-3-1-4-16-39)55(75)67(57)33-37-27-45(41-19-7-11-23-59-41)63-46(28-37)42-20-8-12-24-60-42)35-65(49)52(72)50-32-58(36-66(50)51)54(74)70(40-17-5-2-6-18-40)56(76)68(58)34-38-29-47(43-21-9-13-25-61-43)64-48(30-38)44-22-10-14-26-62-44;1-2-3;/h1-30,49-50H,31-36H2;1H3;1H2/t49-,50-,57-,58-;;/m0../s1. The zero-order valence-corrected chi connectivity index (χ0v) is 43.0. The minimum Gasteiger partial charge on any atom is -0.412 e. The third-order valence-corrected chi connectivity index (χ3v) is 15.1. The Morgan fingerprint density at radius 3 is 1.05 bits per heavy atom. The van der Waals surface area contributed by atoms with E-state index >= 15 is 28.8 Å². The van der Waals surface area contributed by atoms with Crippen LogP contribution in [0.1, 0.15) is 30.9 Å². The van der Waals surface area contributed by atoms with Gasteiger partial charge in [-0.15, -0.1) is 0 Å². The lowest BCUT2D eigenvalue weighted by molar-refractivity contribution is -0.157. The molecule has 396 valence electrons. The van der Waals surface area contributed by atoms with E-state index in [2.05, 4.69) is 19.9 Å². The van der Waals surface area contributed by atoms with Crippen molar-refractivity contribution in [1.29, 1.82) is 5.26 Å². The van der Waals surface area contributed by atoms with Gasteiger partial charge >= 0.3 is 12.1 Å². The van der Waals surface area contributed by atoms with Crippen LogP contribution in [0.5, 0.6) is 0 Å². The molecule has 2 spiro atoms. The highest BCUT2D eigenvalue weighted by atomic mass is 16.2. The summed E-state index contributed by atoms with van der Waals surface area (Å²) in [4.78, 5) is 127. The summed E-state index contributed by atoms with van der Waals surface area (Å²) in [6, 6.07) is 44.4. The van der Waals surface area contributed by atoms with Gasteiger partial charge in [-0.05, 0) is 108 Å². The highest BCUT2D eigenvalue weighted by molar-refractivity contribution is 6.25. The number of carbonyl (C=O) groups excluding carboxylic acids is 6. The number of nitrogens with zero attached hydrogens (tertiary/aromatic N) is 13. The lowest BCUT2D eigenvalue weighted by atomic mass is 9.92. The van der Waals surface area contributed by atoms with E-state index in [-0.39, 0.29) is 44.5 Å². The van der Waals surface area contributed by atoms with E-state index < -0.39 is 58.9 Å². The maximum Gasteiger partial charge on any atom is 0.332 e. The molecule has 8 amide bonds. The van der Waals surface area contributed by atoms with Crippen LogP contribution in [-0.4, -0.2) is 127 Å². The first kappa shape index (κ1) is 51.7. The first-order valence-corrected chi connectivity index (χ1v) is 25.5. The number of hydrogen-bond donors (Lipinski definition) is 0. The van der Waals surface area contributed by atoms with Crippen LogP contribution in [0.3, 0.4) is 0 Å². The molecule has 8 aromatic rings. The van der Waals surface area contributed by atoms with Crippen molar-refractivity contribution in [3.05, 3.63) is 194 Å². The fourth-order valence-corrected chi connectivity index (χ4v) is 11.5. The van der Waals surface area contributed by atoms with E-state index in [0.29, 0.717) is 68.1 Å². The molecule has 6 aromatic heterocycles. The number of aromatic nitrogens is 6. The van der Waals surface area contributed by atoms with Gasteiger partial charge in [-0.1, -0.05) is 60.7 Å². The number of pyridine rings is 6. The molecule has 2 aromatic carbocycles. The third-order valence-electron chi connectivity index (χ3n) is 15.1. The molecular formula is C60H49N13O7. The van der Waals surface area contributed by atoms with Crippen LogP contribution in [0.15, 0.2) is 183 Å². The third kappa shape index (κ3) is 8.71. The Morgan fingerprint density at radius 1 is 0.463 bits per heavy atom. The van der Waals surface area contributed by atoms with E-state index in [4.69, 9.17) is 15.2 Å². The van der Waals surface area contributed by atoms with Gasteiger partial charge in [-0.3, -0.25) is 39.1 Å². The van der Waals surface area contributed by atoms with Gasteiger partial charge in [0.05, 0.1) is 76.1 Å². The number of fused-ring (bicyclic) bond motifs is 2. The van der Waals surface area contributed by atoms with Crippen molar-refractivity contribution in [3.8, 4) is 51.6 Å². The zero-order valence-electron chi connectivity index (χ0n) is 43.0. The van der Waals surface area contributed by atoms with Gasteiger partial charge in [0.2, 0.25) is 11.8 Å². The van der Waals surface area contributed by atoms with Gasteiger partial charge in [0.15, 0.2) is 0 Å². The molecule has 0 bridgehead atoms. The number of benzene rings is 2. The summed E-state index contributed by atoms with van der Waals surface area (Å²) in [5.41, 5.74) is 2.89. The monoisotopic (exact) mass is 1060 g/mol. The number of nitriles is 1. The zero-order chi connectivity index (χ0) is 54.4. The number of imide groups is 2. The number of piperazine rings is 1. The highest BCUT2D eigenvalue weighted by Crippen LogP contribution is 2.49. The second-order valence-electron chi connectivity index (χ2n) is 19.7. The summed E-state index contributed by atoms with van der Waals surface area (Å²) >= 11 is 0. The average molecular weight is 1060 g/mol. The molecule has 20 nitrogen and oxygen atoms in total. The molecule has 11 heterocycles. The second kappa shape index (κ2) is 20.9. The molecule has 5 aliphatic heterocycles. The number of anilines is 2. The molecule has 4 atom stereocenters. The minimum atomic E-state index is -1.69. The molecule has 0 saturated carbocycles. The summed E-state index contributed by atoms with van der Waals surface area (Å²) < 4.78 is 0. The van der Waals surface area contributed by atoms with E-state index in [0.717, 1.165) is 9.80 Å². The maximum absolute atomic E-state index is 15.4. The SMILES string of the molecule is CC#N.O.O=C1[C@@H]2C[C@]3(CN2C(=O)[C@@H]2C[C@]4(CN12)C(=O)N(c1ccccc1)C(=O)N4Cc1cc(-c2ccccn2)nc(-c2ccccn2)c1)C(=O)N(c1ccccc1)C(=O)N3Cc1cc(-c2ccccn2)nc(-c2ccccn2)c1. The Labute approximate surface area is 458 Å². The Hall–Kier alpha value is -10.4. The number of rotatable bonds is 10. The number of carbonyl (C=O) groups is 6. The maximum atomic E-state index is 15.4. The van der Waals surface area contributed by atoms with Crippen LogP contribution in [-0.2, 0) is 32.3 Å². The quantitative estimate of drug-likeness (QED) is 0.129. The largest absolute Gasteiger partial charge is 0.412 e. The predicted octanol–water partition coefficient (Wildman–Crippen LogP) is 6.76. The first-order valence-electron chi connectivity index (χ1n) is 25.5. The van der Waals surface area contributed by atoms with Crippen molar-refractivity contribution in [2.75, 3.05) is 22.9 Å². The molecule has 5 fully saturated rings. The van der Waals surface area contributed by atoms with Gasteiger partial charge in [0.1, 0.15) is 23.2 Å². The smallest absolute Gasteiger partial charge is 0.332 e. The van der Waals surface area contributed by atoms with Gasteiger partial charge in [-0.2, -0.15) is 5.26 Å². The van der Waals surface area contributed by atoms with Crippen molar-refractivity contribution in [1.82, 2.24) is 49.5 Å². The first-order chi connectivity index (χ1) is 38.5. The highest BCUT2D eigenvalue weighted by Gasteiger charge is 2.71. The van der Waals surface area contributed by atoms with Gasteiger partial charge < -0.3 is 25.1 Å². The molecule has 0 aliphatic carbocycles. The van der Waals surface area contributed by atoms with E-state index in [9.17, 15) is 0 Å². The van der Waals surface area contributed by atoms with Crippen molar-refractivity contribution < 1.29 is 34.2 Å². The van der Waals surface area contributed by atoms with E-state index in [1.165, 1.54) is 26.5 Å². The van der Waals surface area contributed by atoms with Crippen LogP contribution < -0.4 is 9.80 Å². The summed E-state index contributed by atoms with van der Waals surface area (Å²) in [7, 11) is 0. The molecule has 5 saturated heterocycles. The summed E-state index contributed by atoms with van der Waals surface area (Å²) in [6.07, 6.45) is 6.20. The van der Waals surface area contributed by atoms with Crippen molar-refractivity contribution in [3.63, 3.8) is 0 Å². The number of para-hydroxylation sites is 2. The molecule has 5 aliphatic rings. The summed E-state index contributed by atoms with van der Waals surface area (Å²) in [5.74, 6) is -2.14. The van der Waals surface area contributed by atoms with Crippen LogP contribution in [0.4, 0.5) is 21.0 Å². The van der Waals surface area contributed by atoms with Crippen molar-refractivity contribution >= 4 is 47.1 Å². The fraction of sp³-hybridized carbons (Fsp3) is 0.183. The lowest BCUT2D eigenvalue weighted by Crippen LogP contribution is -2.60. The Bertz CT molecular complexity index is 3360.